The molecule has 0 amide bonds. The van der Waals surface area contributed by atoms with Crippen molar-refractivity contribution in [3.05, 3.63) is 29.8 Å². The molecule has 1 aromatic rings. The summed E-state index contributed by atoms with van der Waals surface area (Å²) < 4.78 is 0. The number of benzene rings is 1. The molecule has 2 aliphatic rings. The molecule has 2 heteroatoms. The fourth-order valence-electron chi connectivity index (χ4n) is 3.70. The van der Waals surface area contributed by atoms with Crippen molar-refractivity contribution in [3.63, 3.8) is 0 Å². The van der Waals surface area contributed by atoms with Crippen molar-refractivity contribution in [2.24, 2.45) is 17.8 Å². The maximum atomic E-state index is 12.5. The van der Waals surface area contributed by atoms with E-state index < -0.39 is 0 Å². The maximum Gasteiger partial charge on any atom is 0.166 e. The fraction of sp³-hybridized carbons (Fsp3) is 0.562. The van der Waals surface area contributed by atoms with Crippen LogP contribution in [-0.4, -0.2) is 19.9 Å². The molecular weight excluding hydrogens is 222 g/mol. The SMILES string of the molecule is CN(C)c1ccc(C(=O)[C@H]2C[C@@H]3CC[C@H]2C3)cc1. The van der Waals surface area contributed by atoms with Crippen LogP contribution in [0.25, 0.3) is 0 Å². The molecule has 18 heavy (non-hydrogen) atoms. The summed E-state index contributed by atoms with van der Waals surface area (Å²) in [4.78, 5) is 14.6. The van der Waals surface area contributed by atoms with Crippen molar-refractivity contribution < 1.29 is 4.79 Å². The molecule has 0 aliphatic heterocycles. The number of Topliss-reactive ketones (excluding diaryl/α,β-unsaturated/α-hetero) is 1. The van der Waals surface area contributed by atoms with Crippen LogP contribution in [0.4, 0.5) is 5.69 Å². The van der Waals surface area contributed by atoms with Crippen LogP contribution >= 0.6 is 0 Å². The summed E-state index contributed by atoms with van der Waals surface area (Å²) in [5, 5.41) is 0. The molecule has 1 aromatic carbocycles. The molecule has 0 radical (unpaired) electrons. The number of hydrogen-bond donors (Lipinski definition) is 0. The van der Waals surface area contributed by atoms with E-state index >= 15 is 0 Å². The molecule has 0 aromatic heterocycles. The Morgan fingerprint density at radius 1 is 1.11 bits per heavy atom. The molecule has 3 rings (SSSR count). The van der Waals surface area contributed by atoms with Crippen LogP contribution in [-0.2, 0) is 0 Å². The standard InChI is InChI=1S/C16H21NO/c1-17(2)14-7-5-12(6-8-14)16(18)15-10-11-3-4-13(15)9-11/h5-8,11,13,15H,3-4,9-10H2,1-2H3/t11-,13+,15+/m1/s1. The van der Waals surface area contributed by atoms with Crippen molar-refractivity contribution >= 4 is 11.5 Å². The lowest BCUT2D eigenvalue weighted by Crippen LogP contribution is -2.21. The van der Waals surface area contributed by atoms with Crippen molar-refractivity contribution in [1.29, 1.82) is 0 Å². The molecule has 2 nitrogen and oxygen atoms in total. The highest BCUT2D eigenvalue weighted by atomic mass is 16.1. The first-order valence-electron chi connectivity index (χ1n) is 6.97. The van der Waals surface area contributed by atoms with Gasteiger partial charge in [0, 0.05) is 31.3 Å². The van der Waals surface area contributed by atoms with Gasteiger partial charge in [0.2, 0.25) is 0 Å². The highest BCUT2D eigenvalue weighted by molar-refractivity contribution is 5.98. The molecule has 0 spiro atoms. The van der Waals surface area contributed by atoms with Crippen LogP contribution in [0.5, 0.6) is 0 Å². The second-order valence-corrected chi connectivity index (χ2v) is 6.09. The number of ketones is 1. The van der Waals surface area contributed by atoms with E-state index in [0.29, 0.717) is 17.6 Å². The number of anilines is 1. The van der Waals surface area contributed by atoms with Gasteiger partial charge < -0.3 is 4.90 Å². The van der Waals surface area contributed by atoms with Crippen LogP contribution in [0.1, 0.15) is 36.0 Å². The van der Waals surface area contributed by atoms with Crippen LogP contribution in [0.2, 0.25) is 0 Å². The summed E-state index contributed by atoms with van der Waals surface area (Å²) in [5.41, 5.74) is 2.05. The summed E-state index contributed by atoms with van der Waals surface area (Å²) in [6.45, 7) is 0. The summed E-state index contributed by atoms with van der Waals surface area (Å²) in [6, 6.07) is 8.06. The van der Waals surface area contributed by atoms with Crippen LogP contribution < -0.4 is 4.90 Å². The van der Waals surface area contributed by atoms with E-state index in [4.69, 9.17) is 0 Å². The zero-order valence-electron chi connectivity index (χ0n) is 11.2. The number of rotatable bonds is 3. The van der Waals surface area contributed by atoms with E-state index in [0.717, 1.165) is 23.6 Å². The lowest BCUT2D eigenvalue weighted by molar-refractivity contribution is 0.0875. The summed E-state index contributed by atoms with van der Waals surface area (Å²) >= 11 is 0. The van der Waals surface area contributed by atoms with Crippen LogP contribution in [0.15, 0.2) is 24.3 Å². The third kappa shape index (κ3) is 1.94. The third-order valence-corrected chi connectivity index (χ3v) is 4.74. The lowest BCUT2D eigenvalue weighted by Gasteiger charge is -2.20. The normalized spacial score (nSPS) is 29.6. The van der Waals surface area contributed by atoms with Crippen LogP contribution in [0, 0.1) is 17.8 Å². The van der Waals surface area contributed by atoms with E-state index in [2.05, 4.69) is 4.90 Å². The van der Waals surface area contributed by atoms with E-state index in [1.807, 2.05) is 38.4 Å². The predicted octanol–water partition coefficient (Wildman–Crippen LogP) is 3.37. The molecule has 0 saturated heterocycles. The van der Waals surface area contributed by atoms with E-state index in [9.17, 15) is 4.79 Å². The predicted molar refractivity (Wildman–Crippen MR) is 74.0 cm³/mol. The fourth-order valence-corrected chi connectivity index (χ4v) is 3.70. The maximum absolute atomic E-state index is 12.5. The minimum absolute atomic E-state index is 0.314. The topological polar surface area (TPSA) is 20.3 Å². The second-order valence-electron chi connectivity index (χ2n) is 6.09. The Morgan fingerprint density at radius 3 is 2.33 bits per heavy atom. The number of carbonyl (C=O) groups is 1. The average Bonchev–Trinajstić information content (AvgIpc) is 3.00. The Labute approximate surface area is 109 Å². The highest BCUT2D eigenvalue weighted by Gasteiger charge is 2.43. The van der Waals surface area contributed by atoms with Gasteiger partial charge in [0.25, 0.3) is 0 Å². The quantitative estimate of drug-likeness (QED) is 0.759. The highest BCUT2D eigenvalue weighted by Crippen LogP contribution is 2.49. The van der Waals surface area contributed by atoms with E-state index in [1.54, 1.807) is 0 Å². The first kappa shape index (κ1) is 11.8. The Morgan fingerprint density at radius 2 is 1.83 bits per heavy atom. The third-order valence-electron chi connectivity index (χ3n) is 4.74. The average molecular weight is 243 g/mol. The molecule has 2 aliphatic carbocycles. The number of carbonyl (C=O) groups excluding carboxylic acids is 1. The van der Waals surface area contributed by atoms with Gasteiger partial charge in [-0.05, 0) is 55.4 Å². The van der Waals surface area contributed by atoms with Gasteiger partial charge in [-0.3, -0.25) is 4.79 Å². The molecule has 2 bridgehead atoms. The van der Waals surface area contributed by atoms with E-state index in [-0.39, 0.29) is 0 Å². The van der Waals surface area contributed by atoms with Gasteiger partial charge >= 0.3 is 0 Å². The smallest absolute Gasteiger partial charge is 0.166 e. The van der Waals surface area contributed by atoms with Gasteiger partial charge in [-0.25, -0.2) is 0 Å². The van der Waals surface area contributed by atoms with Gasteiger partial charge in [-0.1, -0.05) is 6.42 Å². The molecule has 3 atom stereocenters. The lowest BCUT2D eigenvalue weighted by atomic mass is 9.83. The summed E-state index contributed by atoms with van der Waals surface area (Å²) in [6.07, 6.45) is 5.07. The van der Waals surface area contributed by atoms with Crippen molar-refractivity contribution in [1.82, 2.24) is 0 Å². The molecule has 2 saturated carbocycles. The number of nitrogens with zero attached hydrogens (tertiary/aromatic N) is 1. The minimum atomic E-state index is 0.314. The Hall–Kier alpha value is -1.31. The van der Waals surface area contributed by atoms with Crippen molar-refractivity contribution in [2.75, 3.05) is 19.0 Å². The molecule has 0 heterocycles. The van der Waals surface area contributed by atoms with Crippen molar-refractivity contribution in [2.45, 2.75) is 25.7 Å². The van der Waals surface area contributed by atoms with Crippen molar-refractivity contribution in [3.8, 4) is 0 Å². The first-order chi connectivity index (χ1) is 8.65. The minimum Gasteiger partial charge on any atom is -0.378 e. The Kier molecular flexibility index (Phi) is 2.89. The van der Waals surface area contributed by atoms with Gasteiger partial charge in [0.15, 0.2) is 5.78 Å². The van der Waals surface area contributed by atoms with Gasteiger partial charge in [-0.2, -0.15) is 0 Å². The zero-order valence-corrected chi connectivity index (χ0v) is 11.2. The Bertz CT molecular complexity index is 449. The van der Waals surface area contributed by atoms with Gasteiger partial charge in [0.05, 0.1) is 0 Å². The zero-order chi connectivity index (χ0) is 12.7. The molecule has 0 N–H and O–H groups in total. The first-order valence-corrected chi connectivity index (χ1v) is 6.97. The monoisotopic (exact) mass is 243 g/mol. The summed E-state index contributed by atoms with van der Waals surface area (Å²) in [7, 11) is 4.04. The summed E-state index contributed by atoms with van der Waals surface area (Å²) in [5.74, 6) is 2.21. The molecule has 2 fully saturated rings. The number of hydrogen-bond acceptors (Lipinski definition) is 2. The largest absolute Gasteiger partial charge is 0.378 e. The number of fused-ring (bicyclic) bond motifs is 2. The van der Waals surface area contributed by atoms with Gasteiger partial charge in [-0.15, -0.1) is 0 Å². The van der Waals surface area contributed by atoms with Gasteiger partial charge in [0.1, 0.15) is 0 Å². The molecule has 96 valence electrons. The molecular formula is C16H21NO. The van der Waals surface area contributed by atoms with E-state index in [1.165, 1.54) is 19.3 Å². The molecule has 0 unspecified atom stereocenters. The van der Waals surface area contributed by atoms with Crippen LogP contribution in [0.3, 0.4) is 0 Å². The Balaban J connectivity index is 1.76. The second kappa shape index (κ2) is 4.42.